The van der Waals surface area contributed by atoms with Crippen LogP contribution in [0.25, 0.3) is 10.9 Å². The number of benzene rings is 2. The van der Waals surface area contributed by atoms with Crippen LogP contribution in [-0.2, 0) is 16.0 Å². The van der Waals surface area contributed by atoms with Crippen molar-refractivity contribution in [1.29, 1.82) is 0 Å². The Balaban J connectivity index is 1.57. The first kappa shape index (κ1) is 22.0. The minimum absolute atomic E-state index is 0.292. The van der Waals surface area contributed by atoms with Gasteiger partial charge in [-0.1, -0.05) is 30.3 Å². The molecule has 0 saturated heterocycles. The molecule has 8 heteroatoms. The maximum Gasteiger partial charge on any atom is 0.313 e. The van der Waals surface area contributed by atoms with Crippen LogP contribution < -0.4 is 16.0 Å². The fourth-order valence-corrected chi connectivity index (χ4v) is 3.19. The first-order valence-corrected chi connectivity index (χ1v) is 10.1. The van der Waals surface area contributed by atoms with E-state index < -0.39 is 11.8 Å². The maximum atomic E-state index is 12.7. The van der Waals surface area contributed by atoms with E-state index in [-0.39, 0.29) is 5.91 Å². The first-order chi connectivity index (χ1) is 15.0. The zero-order valence-electron chi connectivity index (χ0n) is 17.7. The average molecular weight is 422 g/mol. The molecule has 1 aromatic heterocycles. The molecule has 0 saturated carbocycles. The van der Waals surface area contributed by atoms with E-state index >= 15 is 0 Å². The second kappa shape index (κ2) is 10.4. The molecule has 4 N–H and O–H groups in total. The highest BCUT2D eigenvalue weighted by molar-refractivity contribution is 6.40. The van der Waals surface area contributed by atoms with E-state index in [0.717, 1.165) is 16.5 Å². The number of aromatic nitrogens is 1. The Kier molecular flexibility index (Phi) is 7.40. The van der Waals surface area contributed by atoms with Crippen molar-refractivity contribution in [1.82, 2.24) is 20.5 Å². The van der Waals surface area contributed by atoms with Crippen molar-refractivity contribution in [2.45, 2.75) is 6.42 Å². The molecular formula is C23H27N5O3. The van der Waals surface area contributed by atoms with Crippen LogP contribution in [0.2, 0.25) is 0 Å². The monoisotopic (exact) mass is 421 g/mol. The van der Waals surface area contributed by atoms with Gasteiger partial charge >= 0.3 is 11.8 Å². The zero-order valence-corrected chi connectivity index (χ0v) is 17.7. The third-order valence-electron chi connectivity index (χ3n) is 4.83. The van der Waals surface area contributed by atoms with Crippen molar-refractivity contribution in [3.63, 3.8) is 0 Å². The van der Waals surface area contributed by atoms with Crippen molar-refractivity contribution in [2.75, 3.05) is 39.0 Å². The molecule has 0 aliphatic carbocycles. The Bertz CT molecular complexity index is 1070. The predicted octanol–water partition coefficient (Wildman–Crippen LogP) is 1.76. The van der Waals surface area contributed by atoms with Gasteiger partial charge in [0.15, 0.2) is 0 Å². The smallest absolute Gasteiger partial charge is 0.313 e. The lowest BCUT2D eigenvalue weighted by Gasteiger charge is -2.12. The number of hydrogen-bond acceptors (Lipinski definition) is 4. The van der Waals surface area contributed by atoms with Gasteiger partial charge in [-0.05, 0) is 44.3 Å². The quantitative estimate of drug-likeness (QED) is 0.416. The Hall–Kier alpha value is -3.65. The second-order valence-corrected chi connectivity index (χ2v) is 7.42. The fraction of sp³-hybridized carbons (Fsp3) is 0.261. The fourth-order valence-electron chi connectivity index (χ4n) is 3.19. The summed E-state index contributed by atoms with van der Waals surface area (Å²) in [4.78, 5) is 42.0. The summed E-state index contributed by atoms with van der Waals surface area (Å²) in [5.41, 5.74) is 2.77. The highest BCUT2D eigenvalue weighted by Gasteiger charge is 2.17. The normalized spacial score (nSPS) is 10.8. The molecule has 0 spiro atoms. The summed E-state index contributed by atoms with van der Waals surface area (Å²) in [6, 6.07) is 14.6. The van der Waals surface area contributed by atoms with Crippen LogP contribution in [-0.4, -0.2) is 61.3 Å². The summed E-state index contributed by atoms with van der Waals surface area (Å²) in [5, 5.41) is 9.09. The molecule has 0 atom stereocenters. The van der Waals surface area contributed by atoms with Crippen LogP contribution in [0.5, 0.6) is 0 Å². The Morgan fingerprint density at radius 2 is 1.65 bits per heavy atom. The van der Waals surface area contributed by atoms with Crippen molar-refractivity contribution < 1.29 is 14.4 Å². The number of para-hydroxylation sites is 2. The van der Waals surface area contributed by atoms with Crippen LogP contribution >= 0.6 is 0 Å². The van der Waals surface area contributed by atoms with Gasteiger partial charge in [0, 0.05) is 36.7 Å². The summed E-state index contributed by atoms with van der Waals surface area (Å²) in [6.45, 7) is 1.41. The lowest BCUT2D eigenvalue weighted by atomic mass is 10.1. The predicted molar refractivity (Wildman–Crippen MR) is 121 cm³/mol. The second-order valence-electron chi connectivity index (χ2n) is 7.42. The molecule has 162 valence electrons. The third-order valence-corrected chi connectivity index (χ3v) is 4.83. The number of anilines is 1. The Morgan fingerprint density at radius 3 is 2.45 bits per heavy atom. The molecule has 3 aromatic rings. The maximum absolute atomic E-state index is 12.7. The molecule has 0 bridgehead atoms. The van der Waals surface area contributed by atoms with Crippen LogP contribution in [0.3, 0.4) is 0 Å². The zero-order chi connectivity index (χ0) is 22.2. The molecule has 0 radical (unpaired) electrons. The number of nitrogens with one attached hydrogen (secondary N) is 4. The molecule has 0 aliphatic heterocycles. The summed E-state index contributed by atoms with van der Waals surface area (Å²) < 4.78 is 0. The van der Waals surface area contributed by atoms with Crippen LogP contribution in [0.15, 0.2) is 54.7 Å². The highest BCUT2D eigenvalue weighted by atomic mass is 16.2. The van der Waals surface area contributed by atoms with Gasteiger partial charge in [-0.15, -0.1) is 0 Å². The summed E-state index contributed by atoms with van der Waals surface area (Å²) in [5.74, 6) is -1.86. The number of carbonyl (C=O) groups excluding carboxylic acids is 3. The van der Waals surface area contributed by atoms with E-state index in [2.05, 4.69) is 20.9 Å². The van der Waals surface area contributed by atoms with Gasteiger partial charge in [0.25, 0.3) is 5.91 Å². The molecule has 3 amide bonds. The van der Waals surface area contributed by atoms with E-state index in [1.807, 2.05) is 49.5 Å². The standard InChI is InChI=1S/C23H27N5O3/c1-28(2)14-13-25-22(30)23(31)27-20-10-6-4-8-18(20)21(29)24-12-11-16-15-26-19-9-5-3-7-17(16)19/h3-10,15,26H,11-14H2,1-2H3,(H,24,29)(H,25,30)(H,27,31). The van der Waals surface area contributed by atoms with Crippen molar-refractivity contribution >= 4 is 34.3 Å². The van der Waals surface area contributed by atoms with Gasteiger partial charge in [0.2, 0.25) is 0 Å². The Labute approximate surface area is 181 Å². The van der Waals surface area contributed by atoms with Gasteiger partial charge in [-0.3, -0.25) is 14.4 Å². The number of H-pyrrole nitrogens is 1. The third kappa shape index (κ3) is 5.93. The number of carbonyl (C=O) groups is 3. The van der Waals surface area contributed by atoms with Gasteiger partial charge in [-0.25, -0.2) is 0 Å². The number of hydrogen-bond donors (Lipinski definition) is 4. The molecule has 0 unspecified atom stereocenters. The summed E-state index contributed by atoms with van der Waals surface area (Å²) in [7, 11) is 3.75. The molecule has 2 aromatic carbocycles. The molecule has 3 rings (SSSR count). The topological polar surface area (TPSA) is 106 Å². The van der Waals surface area contributed by atoms with Crippen LogP contribution in [0.4, 0.5) is 5.69 Å². The number of aromatic amines is 1. The number of amides is 3. The minimum atomic E-state index is -0.808. The van der Waals surface area contributed by atoms with Crippen LogP contribution in [0, 0.1) is 0 Å². The molecule has 0 aliphatic rings. The lowest BCUT2D eigenvalue weighted by molar-refractivity contribution is -0.136. The van der Waals surface area contributed by atoms with Gasteiger partial charge in [-0.2, -0.15) is 0 Å². The van der Waals surface area contributed by atoms with E-state index in [4.69, 9.17) is 0 Å². The largest absolute Gasteiger partial charge is 0.361 e. The summed E-state index contributed by atoms with van der Waals surface area (Å²) in [6.07, 6.45) is 2.61. The molecule has 0 fully saturated rings. The Morgan fingerprint density at radius 1 is 0.903 bits per heavy atom. The highest BCUT2D eigenvalue weighted by Crippen LogP contribution is 2.18. The first-order valence-electron chi connectivity index (χ1n) is 10.1. The molecule has 1 heterocycles. The van der Waals surface area contributed by atoms with Crippen molar-refractivity contribution in [3.8, 4) is 0 Å². The van der Waals surface area contributed by atoms with E-state index in [9.17, 15) is 14.4 Å². The molecular weight excluding hydrogens is 394 g/mol. The van der Waals surface area contributed by atoms with E-state index in [0.29, 0.717) is 37.3 Å². The van der Waals surface area contributed by atoms with Crippen molar-refractivity contribution in [2.24, 2.45) is 0 Å². The SMILES string of the molecule is CN(C)CCNC(=O)C(=O)Nc1ccccc1C(=O)NCCc1c[nH]c2ccccc12. The van der Waals surface area contributed by atoms with Crippen LogP contribution in [0.1, 0.15) is 15.9 Å². The number of likely N-dealkylation sites (N-methyl/N-ethyl adjacent to an activating group) is 1. The van der Waals surface area contributed by atoms with Gasteiger partial charge < -0.3 is 25.8 Å². The van der Waals surface area contributed by atoms with Gasteiger partial charge in [0.1, 0.15) is 0 Å². The number of rotatable bonds is 8. The average Bonchev–Trinajstić information content (AvgIpc) is 3.17. The van der Waals surface area contributed by atoms with Crippen molar-refractivity contribution in [3.05, 3.63) is 65.9 Å². The molecule has 8 nitrogen and oxygen atoms in total. The summed E-state index contributed by atoms with van der Waals surface area (Å²) >= 11 is 0. The van der Waals surface area contributed by atoms with Gasteiger partial charge in [0.05, 0.1) is 11.3 Å². The number of fused-ring (bicyclic) bond motifs is 1. The lowest BCUT2D eigenvalue weighted by Crippen LogP contribution is -2.39. The minimum Gasteiger partial charge on any atom is -0.361 e. The number of nitrogens with zero attached hydrogens (tertiary/aromatic N) is 1. The molecule has 31 heavy (non-hydrogen) atoms. The van der Waals surface area contributed by atoms with E-state index in [1.165, 1.54) is 0 Å². The van der Waals surface area contributed by atoms with E-state index in [1.54, 1.807) is 24.3 Å².